The third-order valence-corrected chi connectivity index (χ3v) is 13.9. The van der Waals surface area contributed by atoms with Gasteiger partial charge in [0.15, 0.2) is 0 Å². The average molecular weight is 774 g/mol. The fourth-order valence-electron chi connectivity index (χ4n) is 11.7. The molecule has 1 nitrogen and oxygen atoms in total. The van der Waals surface area contributed by atoms with Gasteiger partial charge >= 0.3 is 0 Å². The van der Waals surface area contributed by atoms with E-state index >= 15 is 0 Å². The zero-order valence-electron chi connectivity index (χ0n) is 33.5. The maximum atomic E-state index is 2.47. The van der Waals surface area contributed by atoms with E-state index in [0.29, 0.717) is 0 Å². The Balaban J connectivity index is 1.16. The van der Waals surface area contributed by atoms with Gasteiger partial charge in [-0.25, -0.2) is 0 Å². The Morgan fingerprint density at radius 1 is 0.311 bits per heavy atom. The summed E-state index contributed by atoms with van der Waals surface area (Å²) in [6.45, 7) is 0. The molecule has 2 aliphatic carbocycles. The van der Waals surface area contributed by atoms with Gasteiger partial charge in [-0.15, -0.1) is 0 Å². The Kier molecular flexibility index (Phi) is 7.21. The minimum absolute atomic E-state index is 0.493. The second-order valence-electron chi connectivity index (χ2n) is 16.7. The van der Waals surface area contributed by atoms with Crippen molar-refractivity contribution in [3.05, 3.63) is 281 Å². The van der Waals surface area contributed by atoms with Gasteiger partial charge in [-0.2, -0.15) is 0 Å². The van der Waals surface area contributed by atoms with E-state index in [4.69, 9.17) is 0 Å². The highest BCUT2D eigenvalue weighted by Gasteiger charge is 2.57. The van der Waals surface area contributed by atoms with Crippen molar-refractivity contribution in [3.63, 3.8) is 0 Å². The van der Waals surface area contributed by atoms with Crippen molar-refractivity contribution in [2.24, 2.45) is 0 Å². The zero-order valence-corrected chi connectivity index (χ0v) is 33.5. The van der Waals surface area contributed by atoms with E-state index in [9.17, 15) is 0 Å². The van der Waals surface area contributed by atoms with Crippen LogP contribution in [0.5, 0.6) is 0 Å². The van der Waals surface area contributed by atoms with Crippen LogP contribution in [-0.4, -0.2) is 4.57 Å². The summed E-state index contributed by atoms with van der Waals surface area (Å²) in [6.07, 6.45) is 0. The number of aromatic nitrogens is 1. The Morgan fingerprint density at radius 2 is 0.836 bits per heavy atom. The van der Waals surface area contributed by atoms with Crippen molar-refractivity contribution in [3.8, 4) is 27.9 Å². The van der Waals surface area contributed by atoms with Gasteiger partial charge in [-0.3, -0.25) is 0 Å². The van der Waals surface area contributed by atoms with Gasteiger partial charge in [-0.1, -0.05) is 206 Å². The number of benzene rings is 10. The standard InChI is InChI=1S/C60H39N/c1-4-20-42(21-5-1)59(52-32-16-17-33-53(52)60(43-22-6-2-7-23-43)51-31-15-13-28-47(51)48-29-18-34-54(59)58(48)60)50-30-14-12-26-45(50)41-36-37-55-49(39-41)57-46-27-11-10-19-40(46)35-38-56(57)61(55)44-24-8-3-9-25-44/h1-39H. The molecule has 0 N–H and O–H groups in total. The highest BCUT2D eigenvalue weighted by atomic mass is 15.0. The quantitative estimate of drug-likeness (QED) is 0.164. The van der Waals surface area contributed by atoms with Gasteiger partial charge in [-0.05, 0) is 108 Å². The first kappa shape index (κ1) is 34.2. The minimum atomic E-state index is -0.653. The summed E-state index contributed by atoms with van der Waals surface area (Å²) in [7, 11) is 0. The van der Waals surface area contributed by atoms with Crippen LogP contribution in [0.1, 0.15) is 44.5 Å². The van der Waals surface area contributed by atoms with Crippen LogP contribution < -0.4 is 0 Å². The molecule has 2 aliphatic rings. The SMILES string of the molecule is c1ccc(-n2c3ccc(-c4ccccc4C4(c5ccccc5)c5ccccc5C5(c6ccccc6)c6ccccc6-c6cccc4c65)cc3c3c4ccccc4ccc32)cc1. The molecule has 11 aromatic rings. The van der Waals surface area contributed by atoms with Crippen LogP contribution in [-0.2, 0) is 10.8 Å². The number of hydrogen-bond donors (Lipinski definition) is 0. The van der Waals surface area contributed by atoms with E-state index < -0.39 is 10.8 Å². The van der Waals surface area contributed by atoms with Crippen molar-refractivity contribution in [1.29, 1.82) is 0 Å². The van der Waals surface area contributed by atoms with Crippen molar-refractivity contribution < 1.29 is 0 Å². The lowest BCUT2D eigenvalue weighted by Crippen LogP contribution is -2.44. The fourth-order valence-corrected chi connectivity index (χ4v) is 11.7. The van der Waals surface area contributed by atoms with Crippen LogP contribution in [0.3, 0.4) is 0 Å². The lowest BCUT2D eigenvalue weighted by atomic mass is 9.51. The molecule has 0 bridgehead atoms. The summed E-state index contributed by atoms with van der Waals surface area (Å²) < 4.78 is 2.43. The molecule has 13 rings (SSSR count). The molecule has 1 aromatic heterocycles. The van der Waals surface area contributed by atoms with E-state index in [1.165, 1.54) is 99.3 Å². The molecule has 0 fully saturated rings. The number of nitrogens with zero attached hydrogens (tertiary/aromatic N) is 1. The average Bonchev–Trinajstić information content (AvgIpc) is 3.84. The Hall–Kier alpha value is -7.74. The number of rotatable bonds is 5. The molecule has 1 heterocycles. The molecule has 0 spiro atoms. The normalized spacial score (nSPS) is 17.3. The van der Waals surface area contributed by atoms with Crippen LogP contribution in [0.15, 0.2) is 237 Å². The van der Waals surface area contributed by atoms with Crippen LogP contribution >= 0.6 is 0 Å². The summed E-state index contributed by atoms with van der Waals surface area (Å²) in [6, 6.07) is 88.7. The smallest absolute Gasteiger partial charge is 0.0720 e. The third-order valence-electron chi connectivity index (χ3n) is 13.9. The molecule has 61 heavy (non-hydrogen) atoms. The molecule has 0 saturated carbocycles. The topological polar surface area (TPSA) is 4.93 Å². The van der Waals surface area contributed by atoms with Gasteiger partial charge in [0.1, 0.15) is 0 Å². The Bertz CT molecular complexity index is 3530. The molecular weight excluding hydrogens is 735 g/mol. The van der Waals surface area contributed by atoms with E-state index in [-0.39, 0.29) is 0 Å². The van der Waals surface area contributed by atoms with Crippen LogP contribution in [0.4, 0.5) is 0 Å². The van der Waals surface area contributed by atoms with Gasteiger partial charge in [0.05, 0.1) is 21.9 Å². The van der Waals surface area contributed by atoms with Gasteiger partial charge in [0.2, 0.25) is 0 Å². The molecule has 0 radical (unpaired) electrons. The van der Waals surface area contributed by atoms with Crippen molar-refractivity contribution in [1.82, 2.24) is 4.57 Å². The minimum Gasteiger partial charge on any atom is -0.309 e. The maximum absolute atomic E-state index is 2.47. The first-order valence-electron chi connectivity index (χ1n) is 21.4. The first-order valence-corrected chi connectivity index (χ1v) is 21.4. The maximum Gasteiger partial charge on any atom is 0.0720 e. The monoisotopic (exact) mass is 773 g/mol. The van der Waals surface area contributed by atoms with Gasteiger partial charge < -0.3 is 4.57 Å². The predicted octanol–water partition coefficient (Wildman–Crippen LogP) is 14.7. The van der Waals surface area contributed by atoms with Crippen molar-refractivity contribution >= 4 is 32.6 Å². The molecule has 2 unspecified atom stereocenters. The molecule has 0 aliphatic heterocycles. The number of hydrogen-bond acceptors (Lipinski definition) is 0. The third kappa shape index (κ3) is 4.45. The molecule has 1 heteroatoms. The number of para-hydroxylation sites is 1. The van der Waals surface area contributed by atoms with Crippen LogP contribution in [0.25, 0.3) is 60.5 Å². The molecule has 0 saturated heterocycles. The lowest BCUT2D eigenvalue weighted by Gasteiger charge is -2.50. The van der Waals surface area contributed by atoms with Crippen LogP contribution in [0.2, 0.25) is 0 Å². The lowest BCUT2D eigenvalue weighted by molar-refractivity contribution is 0.627. The molecular formula is C60H39N. The van der Waals surface area contributed by atoms with E-state index in [2.05, 4.69) is 241 Å². The molecule has 10 aromatic carbocycles. The van der Waals surface area contributed by atoms with Crippen molar-refractivity contribution in [2.75, 3.05) is 0 Å². The van der Waals surface area contributed by atoms with Gasteiger partial charge in [0, 0.05) is 16.5 Å². The summed E-state index contributed by atoms with van der Waals surface area (Å²) in [5.74, 6) is 0. The second-order valence-corrected chi connectivity index (χ2v) is 16.7. The highest BCUT2D eigenvalue weighted by molar-refractivity contribution is 6.22. The second kappa shape index (κ2) is 12.9. The molecule has 0 amide bonds. The molecule has 284 valence electrons. The summed E-state index contributed by atoms with van der Waals surface area (Å²) in [5, 5.41) is 5.04. The number of fused-ring (bicyclic) bond motifs is 10. The van der Waals surface area contributed by atoms with Crippen molar-refractivity contribution in [2.45, 2.75) is 10.8 Å². The summed E-state index contributed by atoms with van der Waals surface area (Å²) in [4.78, 5) is 0. The summed E-state index contributed by atoms with van der Waals surface area (Å²) in [5.41, 5.74) is 18.0. The Morgan fingerprint density at radius 3 is 1.57 bits per heavy atom. The fraction of sp³-hybridized carbons (Fsp3) is 0.0333. The predicted molar refractivity (Wildman–Crippen MR) is 253 cm³/mol. The van der Waals surface area contributed by atoms with E-state index in [1.807, 2.05) is 0 Å². The Labute approximate surface area is 355 Å². The highest BCUT2D eigenvalue weighted by Crippen LogP contribution is 2.66. The van der Waals surface area contributed by atoms with E-state index in [0.717, 1.165) is 5.69 Å². The molecule has 2 atom stereocenters. The van der Waals surface area contributed by atoms with Crippen LogP contribution in [0, 0.1) is 0 Å². The summed E-state index contributed by atoms with van der Waals surface area (Å²) >= 11 is 0. The van der Waals surface area contributed by atoms with Gasteiger partial charge in [0.25, 0.3) is 0 Å². The first-order chi connectivity index (χ1) is 30.3. The zero-order chi connectivity index (χ0) is 40.1. The van der Waals surface area contributed by atoms with E-state index in [1.54, 1.807) is 0 Å². The largest absolute Gasteiger partial charge is 0.309 e.